The third-order valence-corrected chi connectivity index (χ3v) is 6.24. The van der Waals surface area contributed by atoms with Gasteiger partial charge < -0.3 is 14.9 Å². The monoisotopic (exact) mass is 448 g/mol. The van der Waals surface area contributed by atoms with Crippen molar-refractivity contribution in [3.63, 3.8) is 0 Å². The number of nitrogens with zero attached hydrogens (tertiary/aromatic N) is 4. The molecule has 2 saturated heterocycles. The van der Waals surface area contributed by atoms with E-state index >= 15 is 0 Å². The summed E-state index contributed by atoms with van der Waals surface area (Å²) in [4.78, 5) is 12.7. The average molecular weight is 449 g/mol. The smallest absolute Gasteiger partial charge is 0.130 e. The molecule has 2 aliphatic rings. The van der Waals surface area contributed by atoms with Crippen LogP contribution in [-0.4, -0.2) is 47.0 Å². The number of benzene rings is 1. The number of rotatable bonds is 3. The van der Waals surface area contributed by atoms with Crippen molar-refractivity contribution in [2.75, 3.05) is 29.4 Å². The molecule has 5 rings (SSSR count). The molecule has 0 spiro atoms. The van der Waals surface area contributed by atoms with Crippen LogP contribution in [0, 0.1) is 11.6 Å². The van der Waals surface area contributed by atoms with Gasteiger partial charge in [-0.15, -0.1) is 0 Å². The molecular weight excluding hydrogens is 429 g/mol. The van der Waals surface area contributed by atoms with E-state index in [1.807, 2.05) is 4.90 Å². The van der Waals surface area contributed by atoms with Crippen molar-refractivity contribution in [2.45, 2.75) is 31.2 Å². The molecule has 0 amide bonds. The number of anilines is 2. The van der Waals surface area contributed by atoms with Crippen LogP contribution in [0.4, 0.5) is 24.7 Å². The van der Waals surface area contributed by atoms with E-state index in [-0.39, 0.29) is 18.5 Å². The van der Waals surface area contributed by atoms with Gasteiger partial charge in [-0.05, 0) is 36.8 Å². The van der Waals surface area contributed by atoms with Crippen molar-refractivity contribution in [3.8, 4) is 0 Å². The van der Waals surface area contributed by atoms with Gasteiger partial charge >= 0.3 is 0 Å². The highest BCUT2D eigenvalue weighted by atomic mass is 35.5. The molecule has 1 aromatic carbocycles. The van der Waals surface area contributed by atoms with Gasteiger partial charge in [0.25, 0.3) is 0 Å². The molecule has 31 heavy (non-hydrogen) atoms. The number of aromatic nitrogens is 2. The number of aliphatic hydroxyl groups is 1. The largest absolute Gasteiger partial charge is 0.391 e. The lowest BCUT2D eigenvalue weighted by Crippen LogP contribution is -2.26. The van der Waals surface area contributed by atoms with Crippen LogP contribution in [-0.2, 0) is 0 Å². The summed E-state index contributed by atoms with van der Waals surface area (Å²) in [5, 5.41) is 10.4. The molecule has 0 unspecified atom stereocenters. The lowest BCUT2D eigenvalue weighted by molar-refractivity contribution is 0.198. The lowest BCUT2D eigenvalue weighted by atomic mass is 10.0. The van der Waals surface area contributed by atoms with Crippen LogP contribution in [0.5, 0.6) is 0 Å². The molecule has 0 saturated carbocycles. The summed E-state index contributed by atoms with van der Waals surface area (Å²) in [5.74, 6) is -0.717. The molecule has 0 aliphatic carbocycles. The summed E-state index contributed by atoms with van der Waals surface area (Å²) in [6.45, 7) is 1.07. The maximum Gasteiger partial charge on any atom is 0.130 e. The van der Waals surface area contributed by atoms with Crippen LogP contribution in [0.1, 0.15) is 24.4 Å². The molecule has 0 radical (unpaired) electrons. The molecule has 2 fully saturated rings. The van der Waals surface area contributed by atoms with Crippen molar-refractivity contribution in [1.82, 2.24) is 9.97 Å². The van der Waals surface area contributed by atoms with E-state index in [1.54, 1.807) is 23.2 Å². The Labute approximate surface area is 182 Å². The Morgan fingerprint density at radius 1 is 1.13 bits per heavy atom. The first-order valence-electron chi connectivity index (χ1n) is 10.1. The highest BCUT2D eigenvalue weighted by Crippen LogP contribution is 2.40. The second kappa shape index (κ2) is 7.84. The molecule has 2 aromatic heterocycles. The standard InChI is InChI=1S/C22H20ClF3N4O/c23-16-9-27-18-3-4-20(28-21(18)22(16)29-6-5-14(31)11-29)30-10-13(25)8-19(30)15-7-12(24)1-2-17(15)26/h1-4,7,9,13-14,19,31H,5-6,8,10-11H2/t13-,14-,19+/m0/s1. The van der Waals surface area contributed by atoms with E-state index in [9.17, 15) is 18.3 Å². The Hall–Kier alpha value is -2.58. The fraction of sp³-hybridized carbons (Fsp3) is 0.364. The summed E-state index contributed by atoms with van der Waals surface area (Å²) in [6.07, 6.45) is 0.559. The number of aliphatic hydroxyl groups excluding tert-OH is 1. The summed E-state index contributed by atoms with van der Waals surface area (Å²) in [7, 11) is 0. The first-order chi connectivity index (χ1) is 14.9. The molecule has 1 N–H and O–H groups in total. The van der Waals surface area contributed by atoms with Crippen LogP contribution in [0.25, 0.3) is 11.0 Å². The van der Waals surface area contributed by atoms with E-state index in [2.05, 4.69) is 4.98 Å². The second-order valence-electron chi connectivity index (χ2n) is 8.05. The predicted molar refractivity (Wildman–Crippen MR) is 113 cm³/mol. The van der Waals surface area contributed by atoms with Crippen molar-refractivity contribution >= 4 is 34.1 Å². The van der Waals surface area contributed by atoms with E-state index in [0.717, 1.165) is 18.2 Å². The van der Waals surface area contributed by atoms with Crippen LogP contribution in [0.2, 0.25) is 5.02 Å². The number of hydrogen-bond donors (Lipinski definition) is 1. The first kappa shape index (κ1) is 20.3. The zero-order chi connectivity index (χ0) is 21.7. The number of halogens is 4. The maximum absolute atomic E-state index is 14.5. The number of fused-ring (bicyclic) bond motifs is 1. The minimum absolute atomic E-state index is 0.0187. The number of alkyl halides is 1. The predicted octanol–water partition coefficient (Wildman–Crippen LogP) is 4.42. The van der Waals surface area contributed by atoms with Gasteiger partial charge in [0.1, 0.15) is 29.1 Å². The fourth-order valence-corrected chi connectivity index (χ4v) is 4.79. The fourth-order valence-electron chi connectivity index (χ4n) is 4.53. The highest BCUT2D eigenvalue weighted by molar-refractivity contribution is 6.34. The third-order valence-electron chi connectivity index (χ3n) is 5.97. The SMILES string of the molecule is O[C@H]1CCN(c2c(Cl)cnc3ccc(N4C[C@@H](F)C[C@@H]4c4cc(F)ccc4F)nc23)C1. The quantitative estimate of drug-likeness (QED) is 0.642. The van der Waals surface area contributed by atoms with Gasteiger partial charge in [0.2, 0.25) is 0 Å². The van der Waals surface area contributed by atoms with Crippen molar-refractivity contribution in [2.24, 2.45) is 0 Å². The van der Waals surface area contributed by atoms with Crippen LogP contribution in [0.3, 0.4) is 0 Å². The van der Waals surface area contributed by atoms with Gasteiger partial charge in [-0.25, -0.2) is 18.2 Å². The minimum atomic E-state index is -1.20. The Kier molecular flexibility index (Phi) is 5.14. The summed E-state index contributed by atoms with van der Waals surface area (Å²) < 4.78 is 42.7. The Balaban J connectivity index is 1.60. The van der Waals surface area contributed by atoms with Crippen molar-refractivity contribution < 1.29 is 18.3 Å². The Morgan fingerprint density at radius 3 is 2.74 bits per heavy atom. The van der Waals surface area contributed by atoms with Crippen LogP contribution < -0.4 is 9.80 Å². The summed E-state index contributed by atoms with van der Waals surface area (Å²) in [5.41, 5.74) is 1.90. The lowest BCUT2D eigenvalue weighted by Gasteiger charge is -2.27. The molecular formula is C22H20ClF3N4O. The van der Waals surface area contributed by atoms with Crippen LogP contribution in [0.15, 0.2) is 36.5 Å². The van der Waals surface area contributed by atoms with Gasteiger partial charge in [-0.2, -0.15) is 0 Å². The van der Waals surface area contributed by atoms with E-state index in [1.165, 1.54) is 0 Å². The first-order valence-corrected chi connectivity index (χ1v) is 10.5. The number of hydrogen-bond acceptors (Lipinski definition) is 5. The van der Waals surface area contributed by atoms with E-state index in [0.29, 0.717) is 47.1 Å². The molecule has 9 heteroatoms. The molecule has 3 aromatic rings. The molecule has 5 nitrogen and oxygen atoms in total. The zero-order valence-electron chi connectivity index (χ0n) is 16.5. The Bertz CT molecular complexity index is 1150. The van der Waals surface area contributed by atoms with Gasteiger partial charge in [0.15, 0.2) is 0 Å². The molecule has 4 heterocycles. The maximum atomic E-state index is 14.5. The summed E-state index contributed by atoms with van der Waals surface area (Å²) >= 11 is 6.44. The molecule has 3 atom stereocenters. The van der Waals surface area contributed by atoms with E-state index in [4.69, 9.17) is 16.6 Å². The van der Waals surface area contributed by atoms with Crippen molar-refractivity contribution in [1.29, 1.82) is 0 Å². The highest BCUT2D eigenvalue weighted by Gasteiger charge is 2.36. The second-order valence-corrected chi connectivity index (χ2v) is 8.45. The molecule has 162 valence electrons. The molecule has 0 bridgehead atoms. The number of pyridine rings is 2. The van der Waals surface area contributed by atoms with Crippen molar-refractivity contribution in [3.05, 3.63) is 58.7 Å². The van der Waals surface area contributed by atoms with Gasteiger partial charge in [-0.1, -0.05) is 11.6 Å². The topological polar surface area (TPSA) is 52.5 Å². The average Bonchev–Trinajstić information content (AvgIpc) is 3.34. The summed E-state index contributed by atoms with van der Waals surface area (Å²) in [6, 6.07) is 6.00. The van der Waals surface area contributed by atoms with E-state index < -0.39 is 30.0 Å². The molecule has 2 aliphatic heterocycles. The van der Waals surface area contributed by atoms with Gasteiger partial charge in [-0.3, -0.25) is 4.98 Å². The third kappa shape index (κ3) is 3.68. The Morgan fingerprint density at radius 2 is 1.97 bits per heavy atom. The van der Waals surface area contributed by atoms with Gasteiger partial charge in [0, 0.05) is 31.3 Å². The normalized spacial score (nSPS) is 23.8. The van der Waals surface area contributed by atoms with Gasteiger partial charge in [0.05, 0.1) is 34.9 Å². The van der Waals surface area contributed by atoms with Crippen LogP contribution >= 0.6 is 11.6 Å². The minimum Gasteiger partial charge on any atom is -0.391 e. The number of β-amino-alcohol motifs (C(OH)–C–C–N with tert-alkyl or cyclic N) is 1. The zero-order valence-corrected chi connectivity index (χ0v) is 17.2.